The summed E-state index contributed by atoms with van der Waals surface area (Å²) in [6.07, 6.45) is 3.36. The van der Waals surface area contributed by atoms with Crippen LogP contribution in [0.1, 0.15) is 19.3 Å². The van der Waals surface area contributed by atoms with E-state index in [9.17, 15) is 8.78 Å². The molecule has 1 aliphatic carbocycles. The zero-order valence-corrected chi connectivity index (χ0v) is 9.07. The fourth-order valence-electron chi connectivity index (χ4n) is 1.43. The van der Waals surface area contributed by atoms with E-state index in [4.69, 9.17) is 0 Å². The molecule has 1 aliphatic rings. The van der Waals surface area contributed by atoms with Crippen molar-refractivity contribution in [1.82, 2.24) is 0 Å². The smallest absolute Gasteiger partial charge is 0.142 e. The van der Waals surface area contributed by atoms with E-state index >= 15 is 0 Å². The molecular weight excluding hydrogens is 252 g/mol. The monoisotopic (exact) mass is 261 g/mol. The maximum absolute atomic E-state index is 13.1. The second-order valence-corrected chi connectivity index (χ2v) is 4.32. The van der Waals surface area contributed by atoms with Crippen molar-refractivity contribution in [2.45, 2.75) is 25.3 Å². The summed E-state index contributed by atoms with van der Waals surface area (Å²) < 4.78 is 26.1. The standard InChI is InChI=1S/C10H10BrF2N/c11-10-8(12)4-7(5-9(10)13)14-6-2-1-3-6/h4-6,14H,1-3H2. The summed E-state index contributed by atoms with van der Waals surface area (Å²) in [5.74, 6) is -1.13. The second-order valence-electron chi connectivity index (χ2n) is 3.53. The molecule has 1 nitrogen and oxygen atoms in total. The summed E-state index contributed by atoms with van der Waals surface area (Å²) in [6, 6.07) is 3.01. The Bertz CT molecular complexity index is 327. The van der Waals surface area contributed by atoms with Crippen molar-refractivity contribution in [2.24, 2.45) is 0 Å². The van der Waals surface area contributed by atoms with Crippen molar-refractivity contribution in [3.63, 3.8) is 0 Å². The zero-order chi connectivity index (χ0) is 10.1. The minimum Gasteiger partial charge on any atom is -0.382 e. The third kappa shape index (κ3) is 1.90. The molecular formula is C10H10BrF2N. The Morgan fingerprint density at radius 3 is 2.21 bits per heavy atom. The van der Waals surface area contributed by atoms with Crippen LogP contribution < -0.4 is 5.32 Å². The minimum atomic E-state index is -0.563. The van der Waals surface area contributed by atoms with Gasteiger partial charge in [0.25, 0.3) is 0 Å². The van der Waals surface area contributed by atoms with Crippen molar-refractivity contribution in [3.05, 3.63) is 28.2 Å². The molecule has 76 valence electrons. The SMILES string of the molecule is Fc1cc(NC2CCC2)cc(F)c1Br. The summed E-state index contributed by atoms with van der Waals surface area (Å²) in [4.78, 5) is 0. The topological polar surface area (TPSA) is 12.0 Å². The first kappa shape index (κ1) is 9.90. The van der Waals surface area contributed by atoms with Gasteiger partial charge < -0.3 is 5.32 Å². The van der Waals surface area contributed by atoms with E-state index < -0.39 is 11.6 Å². The van der Waals surface area contributed by atoms with E-state index in [1.165, 1.54) is 18.6 Å². The molecule has 1 N–H and O–H groups in total. The van der Waals surface area contributed by atoms with Crippen LogP contribution in [0.5, 0.6) is 0 Å². The van der Waals surface area contributed by atoms with E-state index in [1.807, 2.05) is 0 Å². The molecule has 14 heavy (non-hydrogen) atoms. The van der Waals surface area contributed by atoms with Gasteiger partial charge in [-0.05, 0) is 47.3 Å². The minimum absolute atomic E-state index is 0.100. The van der Waals surface area contributed by atoms with Gasteiger partial charge in [-0.15, -0.1) is 0 Å². The molecule has 0 saturated heterocycles. The number of anilines is 1. The van der Waals surface area contributed by atoms with Crippen LogP contribution in [0.25, 0.3) is 0 Å². The van der Waals surface area contributed by atoms with E-state index in [-0.39, 0.29) is 4.47 Å². The first-order chi connectivity index (χ1) is 6.66. The van der Waals surface area contributed by atoms with Crippen molar-refractivity contribution >= 4 is 21.6 Å². The Morgan fingerprint density at radius 2 is 1.79 bits per heavy atom. The number of rotatable bonds is 2. The zero-order valence-electron chi connectivity index (χ0n) is 7.49. The maximum atomic E-state index is 13.1. The lowest BCUT2D eigenvalue weighted by molar-refractivity contribution is 0.445. The quantitative estimate of drug-likeness (QED) is 0.801. The molecule has 4 heteroatoms. The lowest BCUT2D eigenvalue weighted by Gasteiger charge is -2.27. The Labute approximate surface area is 89.6 Å². The number of halogens is 3. The Kier molecular flexibility index (Phi) is 2.72. The van der Waals surface area contributed by atoms with Gasteiger partial charge in [-0.1, -0.05) is 0 Å². The predicted octanol–water partition coefficient (Wildman–Crippen LogP) is 3.69. The van der Waals surface area contributed by atoms with Gasteiger partial charge in [-0.3, -0.25) is 0 Å². The lowest BCUT2D eigenvalue weighted by Crippen LogP contribution is -2.27. The number of hydrogen-bond acceptors (Lipinski definition) is 1. The first-order valence-corrected chi connectivity index (χ1v) is 5.37. The maximum Gasteiger partial charge on any atom is 0.142 e. The fourth-order valence-corrected chi connectivity index (χ4v) is 1.66. The van der Waals surface area contributed by atoms with Gasteiger partial charge in [-0.25, -0.2) is 8.78 Å². The second kappa shape index (κ2) is 3.85. The highest BCUT2D eigenvalue weighted by Gasteiger charge is 2.18. The number of nitrogens with one attached hydrogen (secondary N) is 1. The Balaban J connectivity index is 2.17. The molecule has 0 spiro atoms. The molecule has 0 atom stereocenters. The van der Waals surface area contributed by atoms with Gasteiger partial charge in [0, 0.05) is 11.7 Å². The van der Waals surface area contributed by atoms with E-state index in [2.05, 4.69) is 21.2 Å². The van der Waals surface area contributed by atoms with Gasteiger partial charge in [0.1, 0.15) is 11.6 Å². The summed E-state index contributed by atoms with van der Waals surface area (Å²) in [7, 11) is 0. The van der Waals surface area contributed by atoms with Crippen LogP contribution in [0.2, 0.25) is 0 Å². The number of hydrogen-bond donors (Lipinski definition) is 1. The third-order valence-corrected chi connectivity index (χ3v) is 3.22. The molecule has 0 unspecified atom stereocenters. The van der Waals surface area contributed by atoms with E-state index in [1.54, 1.807) is 0 Å². The first-order valence-electron chi connectivity index (χ1n) is 4.58. The van der Waals surface area contributed by atoms with Gasteiger partial charge in [0.2, 0.25) is 0 Å². The fraction of sp³-hybridized carbons (Fsp3) is 0.400. The van der Waals surface area contributed by atoms with Gasteiger partial charge >= 0.3 is 0 Å². The highest BCUT2D eigenvalue weighted by molar-refractivity contribution is 9.10. The molecule has 2 rings (SSSR count). The van der Waals surface area contributed by atoms with Gasteiger partial charge in [-0.2, -0.15) is 0 Å². The molecule has 0 amide bonds. The van der Waals surface area contributed by atoms with Crippen LogP contribution in [0.15, 0.2) is 16.6 Å². The number of benzene rings is 1. The van der Waals surface area contributed by atoms with Gasteiger partial charge in [0.05, 0.1) is 4.47 Å². The predicted molar refractivity (Wildman–Crippen MR) is 55.3 cm³/mol. The molecule has 0 aliphatic heterocycles. The van der Waals surface area contributed by atoms with Crippen molar-refractivity contribution in [2.75, 3.05) is 5.32 Å². The average Bonchev–Trinajstić information content (AvgIpc) is 2.07. The largest absolute Gasteiger partial charge is 0.382 e. The van der Waals surface area contributed by atoms with Crippen LogP contribution in [0, 0.1) is 11.6 Å². The summed E-state index contributed by atoms with van der Waals surface area (Å²) in [6.45, 7) is 0. The van der Waals surface area contributed by atoms with Crippen molar-refractivity contribution < 1.29 is 8.78 Å². The molecule has 1 aromatic carbocycles. The van der Waals surface area contributed by atoms with Gasteiger partial charge in [0.15, 0.2) is 0 Å². The molecule has 0 bridgehead atoms. The molecule has 1 fully saturated rings. The Morgan fingerprint density at radius 1 is 1.21 bits per heavy atom. The van der Waals surface area contributed by atoms with Crippen molar-refractivity contribution in [1.29, 1.82) is 0 Å². The Hall–Kier alpha value is -0.640. The van der Waals surface area contributed by atoms with E-state index in [0.717, 1.165) is 12.8 Å². The summed E-state index contributed by atoms with van der Waals surface area (Å²) in [5, 5.41) is 3.09. The van der Waals surface area contributed by atoms with Crippen LogP contribution in [-0.2, 0) is 0 Å². The van der Waals surface area contributed by atoms with Crippen LogP contribution in [0.4, 0.5) is 14.5 Å². The van der Waals surface area contributed by atoms with Crippen molar-refractivity contribution in [3.8, 4) is 0 Å². The third-order valence-electron chi connectivity index (χ3n) is 2.46. The summed E-state index contributed by atoms with van der Waals surface area (Å²) >= 11 is 2.83. The van der Waals surface area contributed by atoms with Crippen LogP contribution in [-0.4, -0.2) is 6.04 Å². The molecule has 0 aromatic heterocycles. The highest BCUT2D eigenvalue weighted by Crippen LogP contribution is 2.27. The molecule has 0 radical (unpaired) electrons. The molecule has 0 heterocycles. The molecule has 1 saturated carbocycles. The van der Waals surface area contributed by atoms with Crippen LogP contribution in [0.3, 0.4) is 0 Å². The molecule has 1 aromatic rings. The summed E-state index contributed by atoms with van der Waals surface area (Å²) in [5.41, 5.74) is 0.521. The lowest BCUT2D eigenvalue weighted by atomic mass is 9.93. The normalized spacial score (nSPS) is 16.5. The van der Waals surface area contributed by atoms with E-state index in [0.29, 0.717) is 11.7 Å². The highest BCUT2D eigenvalue weighted by atomic mass is 79.9. The van der Waals surface area contributed by atoms with Crippen LogP contribution >= 0.6 is 15.9 Å². The average molecular weight is 262 g/mol.